The van der Waals surface area contributed by atoms with Crippen molar-refractivity contribution in [3.63, 3.8) is 0 Å². The lowest BCUT2D eigenvalue weighted by atomic mass is 9.61. The van der Waals surface area contributed by atoms with E-state index in [0.717, 1.165) is 17.6 Å². The fourth-order valence-electron chi connectivity index (χ4n) is 6.63. The number of hydrogen-bond donors (Lipinski definition) is 3. The van der Waals surface area contributed by atoms with Crippen LogP contribution in [0.2, 0.25) is 0 Å². The molecule has 166 valence electrons. The molecular weight excluding hydrogens is 372 g/mol. The predicted molar refractivity (Wildman–Crippen MR) is 122 cm³/mol. The maximum absolute atomic E-state index is 10.2. The summed E-state index contributed by atoms with van der Waals surface area (Å²) in [5, 5.41) is 30.4. The maximum Gasteiger partial charge on any atom is 0.0811 e. The van der Waals surface area contributed by atoms with Crippen LogP contribution in [0.3, 0.4) is 0 Å². The average Bonchev–Trinajstić information content (AvgIpc) is 3.49. The van der Waals surface area contributed by atoms with Gasteiger partial charge in [-0.25, -0.2) is 0 Å². The van der Waals surface area contributed by atoms with Gasteiger partial charge in [0.25, 0.3) is 0 Å². The van der Waals surface area contributed by atoms with E-state index in [1.165, 1.54) is 44.1 Å². The van der Waals surface area contributed by atoms with Crippen molar-refractivity contribution in [1.29, 1.82) is 0 Å². The van der Waals surface area contributed by atoms with Gasteiger partial charge in [0.2, 0.25) is 0 Å². The second-order valence-corrected chi connectivity index (χ2v) is 10.7. The molecule has 0 radical (unpaired) electrons. The highest BCUT2D eigenvalue weighted by atomic mass is 16.3. The van der Waals surface area contributed by atoms with Crippen molar-refractivity contribution in [2.24, 2.45) is 29.1 Å². The van der Waals surface area contributed by atoms with Crippen molar-refractivity contribution in [3.05, 3.63) is 47.6 Å². The Kier molecular flexibility index (Phi) is 6.44. The molecule has 0 spiro atoms. The molecule has 4 rings (SSSR count). The molecule has 0 aromatic heterocycles. The first-order valence-electron chi connectivity index (χ1n) is 12.1. The van der Waals surface area contributed by atoms with Crippen LogP contribution >= 0.6 is 0 Å². The molecule has 0 aromatic carbocycles. The van der Waals surface area contributed by atoms with Gasteiger partial charge in [0.05, 0.1) is 18.3 Å². The molecule has 0 heterocycles. The second kappa shape index (κ2) is 8.76. The molecule has 0 aromatic rings. The molecule has 7 atom stereocenters. The Bertz CT molecular complexity index is 743. The topological polar surface area (TPSA) is 60.7 Å². The number of aliphatic hydroxyl groups is 3. The van der Waals surface area contributed by atoms with Crippen LogP contribution in [0.4, 0.5) is 0 Å². The highest BCUT2D eigenvalue weighted by Gasteiger charge is 2.50. The first-order valence-corrected chi connectivity index (χ1v) is 12.1. The summed E-state index contributed by atoms with van der Waals surface area (Å²) in [6.45, 7) is 8.88. The Morgan fingerprint density at radius 1 is 1.10 bits per heavy atom. The van der Waals surface area contributed by atoms with E-state index in [1.54, 1.807) is 0 Å². The number of aliphatic hydroxyl groups excluding tert-OH is 3. The lowest BCUT2D eigenvalue weighted by Gasteiger charge is -2.44. The second-order valence-electron chi connectivity index (χ2n) is 10.7. The number of fused-ring (bicyclic) bond motifs is 1. The Labute approximate surface area is 182 Å². The minimum absolute atomic E-state index is 0.250. The summed E-state index contributed by atoms with van der Waals surface area (Å²) >= 11 is 0. The molecule has 0 aliphatic heterocycles. The third kappa shape index (κ3) is 4.40. The van der Waals surface area contributed by atoms with Crippen LogP contribution in [0, 0.1) is 29.1 Å². The molecule has 4 aliphatic carbocycles. The van der Waals surface area contributed by atoms with E-state index in [1.807, 2.05) is 0 Å². The van der Waals surface area contributed by atoms with E-state index in [-0.39, 0.29) is 6.10 Å². The van der Waals surface area contributed by atoms with Gasteiger partial charge in [0.1, 0.15) is 0 Å². The van der Waals surface area contributed by atoms with Crippen molar-refractivity contribution >= 4 is 0 Å². The number of rotatable bonds is 5. The van der Waals surface area contributed by atoms with E-state index in [0.29, 0.717) is 41.9 Å². The van der Waals surface area contributed by atoms with Crippen LogP contribution in [0.25, 0.3) is 0 Å². The average molecular weight is 413 g/mol. The first-order chi connectivity index (χ1) is 14.3. The molecule has 1 unspecified atom stereocenters. The molecule has 3 heteroatoms. The van der Waals surface area contributed by atoms with E-state index in [9.17, 15) is 15.3 Å². The van der Waals surface area contributed by atoms with Crippen molar-refractivity contribution in [1.82, 2.24) is 0 Å². The fourth-order valence-corrected chi connectivity index (χ4v) is 6.63. The molecular formula is C27H40O3. The summed E-state index contributed by atoms with van der Waals surface area (Å²) in [6, 6.07) is 0. The van der Waals surface area contributed by atoms with Crippen LogP contribution in [0.5, 0.6) is 0 Å². The summed E-state index contributed by atoms with van der Waals surface area (Å²) in [5.41, 5.74) is 3.63. The summed E-state index contributed by atoms with van der Waals surface area (Å²) in [6.07, 6.45) is 16.9. The van der Waals surface area contributed by atoms with Gasteiger partial charge >= 0.3 is 0 Å². The third-order valence-electron chi connectivity index (χ3n) is 8.65. The van der Waals surface area contributed by atoms with Gasteiger partial charge in [-0.15, -0.1) is 0 Å². The zero-order valence-electron chi connectivity index (χ0n) is 18.8. The summed E-state index contributed by atoms with van der Waals surface area (Å²) in [4.78, 5) is 0. The zero-order valence-corrected chi connectivity index (χ0v) is 18.8. The molecule has 4 aliphatic rings. The third-order valence-corrected chi connectivity index (χ3v) is 8.65. The predicted octanol–water partition coefficient (Wildman–Crippen LogP) is 5.09. The summed E-state index contributed by atoms with van der Waals surface area (Å²) in [5.74, 6) is 2.28. The molecule has 0 saturated heterocycles. The Hall–Kier alpha value is -1.16. The van der Waals surface area contributed by atoms with Crippen LogP contribution in [0.1, 0.15) is 71.6 Å². The molecule has 0 bridgehead atoms. The van der Waals surface area contributed by atoms with E-state index < -0.39 is 12.2 Å². The molecule has 3 nitrogen and oxygen atoms in total. The Balaban J connectivity index is 1.48. The van der Waals surface area contributed by atoms with Gasteiger partial charge in [-0.1, -0.05) is 50.3 Å². The quantitative estimate of drug-likeness (QED) is 0.551. The Morgan fingerprint density at radius 2 is 1.87 bits per heavy atom. The fraction of sp³-hybridized carbons (Fsp3) is 0.704. The smallest absolute Gasteiger partial charge is 0.0811 e. The SMILES string of the molecule is C=C1/C(=C\C=C2\CCC[C@@]3(C)[C@@H]2CC[C@@H]3[C@@H](C)/C=C/C(O)C2CC2)C[C@H](O)C[C@@H]1O. The van der Waals surface area contributed by atoms with Gasteiger partial charge in [-0.05, 0) is 91.6 Å². The van der Waals surface area contributed by atoms with E-state index >= 15 is 0 Å². The minimum atomic E-state index is -0.621. The van der Waals surface area contributed by atoms with E-state index in [2.05, 4.69) is 44.7 Å². The van der Waals surface area contributed by atoms with Gasteiger partial charge in [0, 0.05) is 6.42 Å². The standard InChI is InChI=1S/C27H40O3/c1-17(6-13-25(29)20-8-9-20)23-11-12-24-19(5-4-14-27(23,24)3)7-10-21-15-22(28)16-26(30)18(21)2/h6-7,10,13,17,20,22-26,28-30H,2,4-5,8-9,11-12,14-16H2,1,3H3/b13-6+,19-7-,21-10-/t17-,22-,23+,24+,25?,26-,27+/m0/s1. The van der Waals surface area contributed by atoms with Crippen LogP contribution in [-0.4, -0.2) is 33.6 Å². The molecule has 4 saturated carbocycles. The van der Waals surface area contributed by atoms with Crippen molar-refractivity contribution in [3.8, 4) is 0 Å². The molecule has 0 amide bonds. The van der Waals surface area contributed by atoms with Gasteiger partial charge in [-0.2, -0.15) is 0 Å². The maximum atomic E-state index is 10.2. The van der Waals surface area contributed by atoms with Crippen molar-refractivity contribution in [2.75, 3.05) is 0 Å². The monoisotopic (exact) mass is 412 g/mol. The van der Waals surface area contributed by atoms with Crippen LogP contribution in [-0.2, 0) is 0 Å². The number of hydrogen-bond acceptors (Lipinski definition) is 3. The lowest BCUT2D eigenvalue weighted by Crippen LogP contribution is -2.35. The highest BCUT2D eigenvalue weighted by molar-refractivity contribution is 5.38. The normalized spacial score (nSPS) is 42.1. The number of allylic oxidation sites excluding steroid dienone is 4. The zero-order chi connectivity index (χ0) is 21.5. The molecule has 3 N–H and O–H groups in total. The minimum Gasteiger partial charge on any atom is -0.393 e. The van der Waals surface area contributed by atoms with E-state index in [4.69, 9.17) is 0 Å². The van der Waals surface area contributed by atoms with Crippen molar-refractivity contribution in [2.45, 2.75) is 89.9 Å². The highest BCUT2D eigenvalue weighted by Crippen LogP contribution is 2.59. The molecule has 30 heavy (non-hydrogen) atoms. The largest absolute Gasteiger partial charge is 0.393 e. The van der Waals surface area contributed by atoms with Crippen molar-refractivity contribution < 1.29 is 15.3 Å². The summed E-state index contributed by atoms with van der Waals surface area (Å²) < 4.78 is 0. The van der Waals surface area contributed by atoms with Gasteiger partial charge < -0.3 is 15.3 Å². The Morgan fingerprint density at radius 3 is 2.60 bits per heavy atom. The summed E-state index contributed by atoms with van der Waals surface area (Å²) in [7, 11) is 0. The molecule has 4 fully saturated rings. The van der Waals surface area contributed by atoms with Gasteiger partial charge in [0.15, 0.2) is 0 Å². The van der Waals surface area contributed by atoms with Gasteiger partial charge in [-0.3, -0.25) is 0 Å². The first kappa shape index (κ1) is 22.0. The lowest BCUT2D eigenvalue weighted by molar-refractivity contribution is 0.0862. The van der Waals surface area contributed by atoms with Crippen LogP contribution in [0.15, 0.2) is 47.6 Å². The van der Waals surface area contributed by atoms with Crippen LogP contribution < -0.4 is 0 Å².